The molecule has 2 aromatic carbocycles. The van der Waals surface area contributed by atoms with E-state index < -0.39 is 0 Å². The Morgan fingerprint density at radius 3 is 2.55 bits per heavy atom. The van der Waals surface area contributed by atoms with Crippen LogP contribution in [0.1, 0.15) is 30.8 Å². The summed E-state index contributed by atoms with van der Waals surface area (Å²) in [6.45, 7) is 7.89. The third-order valence-electron chi connectivity index (χ3n) is 4.94. The summed E-state index contributed by atoms with van der Waals surface area (Å²) in [5.41, 5.74) is 2.49. The molecule has 164 valence electrons. The zero-order valence-electron chi connectivity index (χ0n) is 18.8. The maximum absolute atomic E-state index is 5.53. The van der Waals surface area contributed by atoms with Crippen LogP contribution < -0.4 is 10.1 Å². The first-order valence-corrected chi connectivity index (χ1v) is 10.9. The van der Waals surface area contributed by atoms with Crippen LogP contribution in [-0.2, 0) is 19.5 Å². The van der Waals surface area contributed by atoms with Crippen LogP contribution in [0.2, 0.25) is 0 Å². The normalized spacial score (nSPS) is 11.4. The maximum atomic E-state index is 5.53. The minimum absolute atomic E-state index is 0.681. The number of nitrogens with one attached hydrogen (secondary N) is 1. The van der Waals surface area contributed by atoms with Gasteiger partial charge in [-0.25, -0.2) is 4.98 Å². The van der Waals surface area contributed by atoms with Crippen molar-refractivity contribution in [1.29, 1.82) is 0 Å². The van der Waals surface area contributed by atoms with Gasteiger partial charge in [0, 0.05) is 52.0 Å². The molecule has 0 radical (unpaired) electrons. The summed E-state index contributed by atoms with van der Waals surface area (Å²) >= 11 is 0. The molecule has 0 fully saturated rings. The summed E-state index contributed by atoms with van der Waals surface area (Å²) in [6.07, 6.45) is 4.70. The number of imidazole rings is 1. The van der Waals surface area contributed by atoms with E-state index in [4.69, 9.17) is 9.73 Å². The lowest BCUT2D eigenvalue weighted by molar-refractivity contribution is 0.340. The van der Waals surface area contributed by atoms with E-state index in [2.05, 4.69) is 70.1 Å². The zero-order valence-corrected chi connectivity index (χ0v) is 18.8. The Balaban J connectivity index is 1.59. The van der Waals surface area contributed by atoms with Gasteiger partial charge in [-0.1, -0.05) is 42.5 Å². The summed E-state index contributed by atoms with van der Waals surface area (Å²) in [4.78, 5) is 11.5. The van der Waals surface area contributed by atoms with E-state index >= 15 is 0 Å². The van der Waals surface area contributed by atoms with Gasteiger partial charge in [0.1, 0.15) is 11.6 Å². The van der Waals surface area contributed by atoms with Gasteiger partial charge >= 0.3 is 0 Å². The van der Waals surface area contributed by atoms with Crippen LogP contribution in [0.4, 0.5) is 0 Å². The number of aromatic nitrogens is 2. The summed E-state index contributed by atoms with van der Waals surface area (Å²) in [7, 11) is 2.06. The second kappa shape index (κ2) is 11.8. The highest BCUT2D eigenvalue weighted by atomic mass is 16.5. The van der Waals surface area contributed by atoms with Gasteiger partial charge in [-0.2, -0.15) is 0 Å². The summed E-state index contributed by atoms with van der Waals surface area (Å²) in [5, 5.41) is 3.39. The molecule has 6 heteroatoms. The van der Waals surface area contributed by atoms with Crippen LogP contribution in [0, 0.1) is 0 Å². The Hall–Kier alpha value is -3.28. The molecule has 0 saturated carbocycles. The Morgan fingerprint density at radius 1 is 1.06 bits per heavy atom. The minimum Gasteiger partial charge on any atom is -0.494 e. The molecule has 0 spiro atoms. The first kappa shape index (κ1) is 22.4. The molecule has 0 amide bonds. The fourth-order valence-electron chi connectivity index (χ4n) is 3.43. The molecule has 0 aliphatic carbocycles. The van der Waals surface area contributed by atoms with Gasteiger partial charge in [0.25, 0.3) is 0 Å². The van der Waals surface area contributed by atoms with Crippen molar-refractivity contribution in [3.63, 3.8) is 0 Å². The largest absolute Gasteiger partial charge is 0.494 e. The highest BCUT2D eigenvalue weighted by molar-refractivity contribution is 5.79. The summed E-state index contributed by atoms with van der Waals surface area (Å²) in [5.74, 6) is 2.86. The van der Waals surface area contributed by atoms with Crippen molar-refractivity contribution in [2.45, 2.75) is 33.4 Å². The summed E-state index contributed by atoms with van der Waals surface area (Å²) < 4.78 is 7.73. The Morgan fingerprint density at radius 2 is 1.84 bits per heavy atom. The number of guanidine groups is 1. The van der Waals surface area contributed by atoms with Gasteiger partial charge in [0.15, 0.2) is 5.96 Å². The topological polar surface area (TPSA) is 54.7 Å². The third kappa shape index (κ3) is 6.88. The van der Waals surface area contributed by atoms with E-state index in [0.29, 0.717) is 13.2 Å². The predicted molar refractivity (Wildman–Crippen MR) is 127 cm³/mol. The average molecular weight is 420 g/mol. The number of nitrogens with zero attached hydrogens (tertiary/aromatic N) is 4. The number of ether oxygens (including phenoxy) is 1. The van der Waals surface area contributed by atoms with Crippen molar-refractivity contribution in [1.82, 2.24) is 19.8 Å². The fraction of sp³-hybridized carbons (Fsp3) is 0.360. The third-order valence-corrected chi connectivity index (χ3v) is 4.94. The molecule has 1 N–H and O–H groups in total. The van der Waals surface area contributed by atoms with Gasteiger partial charge < -0.3 is 19.5 Å². The molecule has 6 nitrogen and oxygen atoms in total. The highest BCUT2D eigenvalue weighted by Crippen LogP contribution is 2.13. The Bertz CT molecular complexity index is 934. The SMILES string of the molecule is CCNC(=NCCc1nccn1Cc1ccccc1)N(C)Cc1ccc(OCC)cc1. The fourth-order valence-corrected chi connectivity index (χ4v) is 3.43. The van der Waals surface area contributed by atoms with Crippen LogP contribution in [0.3, 0.4) is 0 Å². The molecule has 0 atom stereocenters. The number of benzene rings is 2. The predicted octanol–water partition coefficient (Wildman–Crippen LogP) is 3.97. The lowest BCUT2D eigenvalue weighted by atomic mass is 10.2. The monoisotopic (exact) mass is 419 g/mol. The van der Waals surface area contributed by atoms with Crippen molar-refractivity contribution in [3.05, 3.63) is 83.9 Å². The molecule has 1 heterocycles. The smallest absolute Gasteiger partial charge is 0.193 e. The number of hydrogen-bond acceptors (Lipinski definition) is 3. The van der Waals surface area contributed by atoms with Gasteiger partial charge in [0.05, 0.1) is 6.61 Å². The molecular weight excluding hydrogens is 386 g/mol. The maximum Gasteiger partial charge on any atom is 0.193 e. The van der Waals surface area contributed by atoms with Gasteiger partial charge in [0.2, 0.25) is 0 Å². The van der Waals surface area contributed by atoms with Gasteiger partial charge in [-0.3, -0.25) is 4.99 Å². The number of aliphatic imine (C=N–C) groups is 1. The van der Waals surface area contributed by atoms with Crippen LogP contribution in [0.15, 0.2) is 72.0 Å². The van der Waals surface area contributed by atoms with E-state index in [0.717, 1.165) is 43.6 Å². The first-order valence-electron chi connectivity index (χ1n) is 10.9. The van der Waals surface area contributed by atoms with Crippen LogP contribution in [0.25, 0.3) is 0 Å². The van der Waals surface area contributed by atoms with Crippen molar-refractivity contribution in [2.24, 2.45) is 4.99 Å². The second-order valence-corrected chi connectivity index (χ2v) is 7.38. The zero-order chi connectivity index (χ0) is 21.9. The minimum atomic E-state index is 0.681. The standard InChI is InChI=1S/C25H33N5O/c1-4-26-25(29(3)19-22-11-13-23(14-12-22)31-5-2)28-16-15-24-27-17-18-30(24)20-21-9-7-6-8-10-21/h6-14,17-18H,4-5,15-16,19-20H2,1-3H3,(H,26,28). The van der Waals surface area contributed by atoms with Crippen LogP contribution in [-0.4, -0.2) is 47.2 Å². The molecule has 0 unspecified atom stereocenters. The van der Waals surface area contributed by atoms with Gasteiger partial charge in [-0.05, 0) is 37.1 Å². The molecule has 0 saturated heterocycles. The molecule has 3 rings (SSSR count). The highest BCUT2D eigenvalue weighted by Gasteiger charge is 2.08. The summed E-state index contributed by atoms with van der Waals surface area (Å²) in [6, 6.07) is 18.7. The average Bonchev–Trinajstić information content (AvgIpc) is 3.22. The molecule has 0 bridgehead atoms. The Kier molecular flexibility index (Phi) is 8.52. The lowest BCUT2D eigenvalue weighted by Gasteiger charge is -2.22. The lowest BCUT2D eigenvalue weighted by Crippen LogP contribution is -2.38. The molecule has 0 aliphatic rings. The van der Waals surface area contributed by atoms with E-state index in [1.54, 1.807) is 0 Å². The van der Waals surface area contributed by atoms with E-state index in [9.17, 15) is 0 Å². The molecule has 0 aliphatic heterocycles. The number of hydrogen-bond donors (Lipinski definition) is 1. The van der Waals surface area contributed by atoms with E-state index in [-0.39, 0.29) is 0 Å². The second-order valence-electron chi connectivity index (χ2n) is 7.38. The number of rotatable bonds is 10. The molecular formula is C25H33N5O. The quantitative estimate of drug-likeness (QED) is 0.399. The first-order chi connectivity index (χ1) is 15.2. The van der Waals surface area contributed by atoms with Crippen molar-refractivity contribution >= 4 is 5.96 Å². The molecule has 1 aromatic heterocycles. The molecule has 31 heavy (non-hydrogen) atoms. The van der Waals surface area contributed by atoms with E-state index in [1.807, 2.05) is 37.5 Å². The van der Waals surface area contributed by atoms with Crippen LogP contribution >= 0.6 is 0 Å². The van der Waals surface area contributed by atoms with Gasteiger partial charge in [-0.15, -0.1) is 0 Å². The van der Waals surface area contributed by atoms with E-state index in [1.165, 1.54) is 11.1 Å². The van der Waals surface area contributed by atoms with Crippen molar-refractivity contribution in [2.75, 3.05) is 26.7 Å². The Labute approximate surface area is 185 Å². The molecule has 3 aromatic rings. The van der Waals surface area contributed by atoms with Crippen LogP contribution in [0.5, 0.6) is 5.75 Å². The van der Waals surface area contributed by atoms with Crippen molar-refractivity contribution < 1.29 is 4.74 Å². The van der Waals surface area contributed by atoms with Crippen molar-refractivity contribution in [3.8, 4) is 5.75 Å².